The summed E-state index contributed by atoms with van der Waals surface area (Å²) < 4.78 is 0.650. The molecule has 0 aliphatic rings. The quantitative estimate of drug-likeness (QED) is 0.524. The first-order valence-corrected chi connectivity index (χ1v) is 4.38. The Labute approximate surface area is 74.3 Å². The van der Waals surface area contributed by atoms with E-state index in [9.17, 15) is 4.79 Å². The number of halogens is 1. The molecule has 1 rings (SSSR count). The van der Waals surface area contributed by atoms with E-state index in [0.717, 1.165) is 0 Å². The molecule has 0 bridgehead atoms. The van der Waals surface area contributed by atoms with Crippen molar-refractivity contribution in [3.8, 4) is 0 Å². The molecule has 3 heteroatoms. The molecule has 0 fully saturated rings. The van der Waals surface area contributed by atoms with Gasteiger partial charge >= 0.3 is 0 Å². The first-order chi connectivity index (χ1) is 5.24. The van der Waals surface area contributed by atoms with Crippen molar-refractivity contribution >= 4 is 28.7 Å². The standard InChI is InChI=1S/C8H7ClOS/c1-2-3-7(10)6-4-8(9)11-5-6/h2,4-5H,1,3H2. The molecule has 0 saturated carbocycles. The maximum Gasteiger partial charge on any atom is 0.167 e. The minimum atomic E-state index is 0.0724. The van der Waals surface area contributed by atoms with E-state index in [1.807, 2.05) is 0 Å². The number of thiophene rings is 1. The van der Waals surface area contributed by atoms with Crippen LogP contribution in [0.2, 0.25) is 4.34 Å². The van der Waals surface area contributed by atoms with Gasteiger partial charge in [-0.2, -0.15) is 0 Å². The Morgan fingerprint density at radius 1 is 1.82 bits per heavy atom. The van der Waals surface area contributed by atoms with E-state index in [2.05, 4.69) is 6.58 Å². The maximum atomic E-state index is 11.1. The van der Waals surface area contributed by atoms with Crippen LogP contribution in [0.15, 0.2) is 24.1 Å². The fourth-order valence-electron chi connectivity index (χ4n) is 0.705. The molecular formula is C8H7ClOS. The average molecular weight is 187 g/mol. The van der Waals surface area contributed by atoms with Gasteiger partial charge in [-0.05, 0) is 6.07 Å². The lowest BCUT2D eigenvalue weighted by molar-refractivity contribution is 0.0996. The summed E-state index contributed by atoms with van der Waals surface area (Å²) in [4.78, 5) is 11.1. The van der Waals surface area contributed by atoms with E-state index in [1.54, 1.807) is 17.5 Å². The van der Waals surface area contributed by atoms with E-state index >= 15 is 0 Å². The fraction of sp³-hybridized carbons (Fsp3) is 0.125. The number of hydrogen-bond acceptors (Lipinski definition) is 2. The third kappa shape index (κ3) is 2.17. The third-order valence-corrected chi connectivity index (χ3v) is 2.31. The van der Waals surface area contributed by atoms with Gasteiger partial charge in [0.1, 0.15) is 0 Å². The van der Waals surface area contributed by atoms with Gasteiger partial charge in [-0.25, -0.2) is 0 Å². The first kappa shape index (κ1) is 8.50. The molecular weight excluding hydrogens is 180 g/mol. The van der Waals surface area contributed by atoms with Crippen LogP contribution >= 0.6 is 22.9 Å². The van der Waals surface area contributed by atoms with Gasteiger partial charge in [0.05, 0.1) is 4.34 Å². The summed E-state index contributed by atoms with van der Waals surface area (Å²) in [7, 11) is 0. The van der Waals surface area contributed by atoms with Crippen LogP contribution in [0, 0.1) is 0 Å². The molecule has 0 spiro atoms. The molecule has 0 aliphatic heterocycles. The number of carbonyl (C=O) groups excluding carboxylic acids is 1. The van der Waals surface area contributed by atoms with Crippen molar-refractivity contribution in [3.63, 3.8) is 0 Å². The largest absolute Gasteiger partial charge is 0.294 e. The van der Waals surface area contributed by atoms with Gasteiger partial charge in [-0.1, -0.05) is 17.7 Å². The summed E-state index contributed by atoms with van der Waals surface area (Å²) in [5, 5.41) is 1.76. The molecule has 1 nitrogen and oxygen atoms in total. The van der Waals surface area contributed by atoms with Crippen molar-refractivity contribution in [2.75, 3.05) is 0 Å². The van der Waals surface area contributed by atoms with Crippen LogP contribution in [0.4, 0.5) is 0 Å². The molecule has 0 saturated heterocycles. The molecule has 11 heavy (non-hydrogen) atoms. The second kappa shape index (κ2) is 3.69. The van der Waals surface area contributed by atoms with E-state index in [-0.39, 0.29) is 5.78 Å². The van der Waals surface area contributed by atoms with Crippen LogP contribution in [0.25, 0.3) is 0 Å². The number of carbonyl (C=O) groups is 1. The molecule has 0 radical (unpaired) electrons. The van der Waals surface area contributed by atoms with Gasteiger partial charge in [0.15, 0.2) is 5.78 Å². The molecule has 0 N–H and O–H groups in total. The number of hydrogen-bond donors (Lipinski definition) is 0. The monoisotopic (exact) mass is 186 g/mol. The normalized spacial score (nSPS) is 9.55. The maximum absolute atomic E-state index is 11.1. The van der Waals surface area contributed by atoms with Crippen LogP contribution in [-0.2, 0) is 0 Å². The Balaban J connectivity index is 2.76. The van der Waals surface area contributed by atoms with Crippen LogP contribution < -0.4 is 0 Å². The van der Waals surface area contributed by atoms with Crippen LogP contribution in [0.1, 0.15) is 16.8 Å². The highest BCUT2D eigenvalue weighted by Crippen LogP contribution is 2.20. The molecule has 1 aromatic heterocycles. The van der Waals surface area contributed by atoms with E-state index in [0.29, 0.717) is 16.3 Å². The molecule has 1 aromatic rings. The van der Waals surface area contributed by atoms with Crippen LogP contribution in [-0.4, -0.2) is 5.78 Å². The minimum absolute atomic E-state index is 0.0724. The van der Waals surface area contributed by atoms with E-state index in [1.165, 1.54) is 11.3 Å². The van der Waals surface area contributed by atoms with Gasteiger partial charge in [-0.3, -0.25) is 4.79 Å². The lowest BCUT2D eigenvalue weighted by Crippen LogP contribution is -1.92. The number of ketones is 1. The SMILES string of the molecule is C=CCC(=O)c1csc(Cl)c1. The van der Waals surface area contributed by atoms with Gasteiger partial charge in [0.2, 0.25) is 0 Å². The zero-order chi connectivity index (χ0) is 8.27. The molecule has 1 heterocycles. The summed E-state index contributed by atoms with van der Waals surface area (Å²) in [6.45, 7) is 3.48. The van der Waals surface area contributed by atoms with E-state index in [4.69, 9.17) is 11.6 Å². The smallest absolute Gasteiger partial charge is 0.167 e. The first-order valence-electron chi connectivity index (χ1n) is 3.12. The van der Waals surface area contributed by atoms with Gasteiger partial charge in [0, 0.05) is 17.4 Å². The summed E-state index contributed by atoms with van der Waals surface area (Å²) in [5.74, 6) is 0.0724. The number of rotatable bonds is 3. The lowest BCUT2D eigenvalue weighted by Gasteiger charge is -1.88. The molecule has 58 valence electrons. The van der Waals surface area contributed by atoms with Crippen molar-refractivity contribution in [1.29, 1.82) is 0 Å². The molecule has 0 amide bonds. The Bertz CT molecular complexity index is 277. The van der Waals surface area contributed by atoms with E-state index < -0.39 is 0 Å². The van der Waals surface area contributed by atoms with Crippen molar-refractivity contribution in [2.45, 2.75) is 6.42 Å². The molecule has 0 aromatic carbocycles. The number of allylic oxidation sites excluding steroid dienone is 1. The Morgan fingerprint density at radius 3 is 3.00 bits per heavy atom. The predicted molar refractivity (Wildman–Crippen MR) is 48.5 cm³/mol. The summed E-state index contributed by atoms with van der Waals surface area (Å²) in [5.41, 5.74) is 0.680. The zero-order valence-electron chi connectivity index (χ0n) is 5.84. The Hall–Kier alpha value is -0.600. The summed E-state index contributed by atoms with van der Waals surface area (Å²) in [6, 6.07) is 1.68. The highest BCUT2D eigenvalue weighted by Gasteiger charge is 2.04. The lowest BCUT2D eigenvalue weighted by atomic mass is 10.2. The highest BCUT2D eigenvalue weighted by atomic mass is 35.5. The second-order valence-electron chi connectivity index (χ2n) is 2.06. The Kier molecular flexibility index (Phi) is 2.85. The molecule has 0 atom stereocenters. The topological polar surface area (TPSA) is 17.1 Å². The van der Waals surface area contributed by atoms with Crippen molar-refractivity contribution < 1.29 is 4.79 Å². The van der Waals surface area contributed by atoms with Gasteiger partial charge in [0.25, 0.3) is 0 Å². The van der Waals surface area contributed by atoms with Crippen molar-refractivity contribution in [3.05, 3.63) is 34.0 Å². The third-order valence-electron chi connectivity index (χ3n) is 1.22. The fourth-order valence-corrected chi connectivity index (χ4v) is 1.59. The summed E-state index contributed by atoms with van der Waals surface area (Å²) in [6.07, 6.45) is 1.97. The zero-order valence-corrected chi connectivity index (χ0v) is 7.41. The highest BCUT2D eigenvalue weighted by molar-refractivity contribution is 7.14. The minimum Gasteiger partial charge on any atom is -0.294 e. The number of Topliss-reactive ketones (excluding diaryl/α,β-unsaturated/α-hetero) is 1. The Morgan fingerprint density at radius 2 is 2.55 bits per heavy atom. The summed E-state index contributed by atoms with van der Waals surface area (Å²) >= 11 is 7.01. The van der Waals surface area contributed by atoms with Crippen LogP contribution in [0.5, 0.6) is 0 Å². The van der Waals surface area contributed by atoms with Crippen molar-refractivity contribution in [1.82, 2.24) is 0 Å². The average Bonchev–Trinajstić information content (AvgIpc) is 2.36. The second-order valence-corrected chi connectivity index (χ2v) is 3.60. The van der Waals surface area contributed by atoms with Crippen molar-refractivity contribution in [2.24, 2.45) is 0 Å². The predicted octanol–water partition coefficient (Wildman–Crippen LogP) is 3.16. The molecule has 0 aliphatic carbocycles. The van der Waals surface area contributed by atoms with Crippen LogP contribution in [0.3, 0.4) is 0 Å². The van der Waals surface area contributed by atoms with Gasteiger partial charge < -0.3 is 0 Å². The van der Waals surface area contributed by atoms with Gasteiger partial charge in [-0.15, -0.1) is 17.9 Å². The molecule has 0 unspecified atom stereocenters.